The Bertz CT molecular complexity index is 536. The Morgan fingerprint density at radius 2 is 1.90 bits per heavy atom. The van der Waals surface area contributed by atoms with E-state index in [9.17, 15) is 0 Å². The number of benzene rings is 1. The van der Waals surface area contributed by atoms with Crippen molar-refractivity contribution in [3.05, 3.63) is 34.9 Å². The summed E-state index contributed by atoms with van der Waals surface area (Å²) < 4.78 is 0. The summed E-state index contributed by atoms with van der Waals surface area (Å²) in [4.78, 5) is 6.14. The fourth-order valence-corrected chi connectivity index (χ4v) is 4.79. The fraction of sp³-hybridized carbons (Fsp3) is 0.684. The van der Waals surface area contributed by atoms with E-state index in [-0.39, 0.29) is 5.60 Å². The molecule has 0 aromatic heterocycles. The summed E-state index contributed by atoms with van der Waals surface area (Å²) in [6.07, 6.45) is 2.52. The first-order valence-electron chi connectivity index (χ1n) is 8.28. The number of hydrogen-bond acceptors (Lipinski definition) is 2. The van der Waals surface area contributed by atoms with Crippen LogP contribution in [-0.2, 0) is 4.84 Å². The maximum atomic E-state index is 6.14. The van der Waals surface area contributed by atoms with Crippen LogP contribution in [0.2, 0.25) is 0 Å². The lowest BCUT2D eigenvalue weighted by molar-refractivity contribution is -0.182. The molecule has 1 saturated carbocycles. The van der Waals surface area contributed by atoms with Crippen molar-refractivity contribution in [1.82, 2.24) is 5.06 Å². The van der Waals surface area contributed by atoms with Gasteiger partial charge in [0.1, 0.15) is 0 Å². The average Bonchev–Trinajstić information content (AvgIpc) is 2.62. The molecule has 21 heavy (non-hydrogen) atoms. The highest BCUT2D eigenvalue weighted by atomic mass is 16.7. The SMILES string of the molecule is Cc1ccc(C)c([C@H]2C[C@@H]3[C@@H]([C@@H](C)C2)N(C)OC3(C)C)c1. The molecule has 1 aromatic rings. The predicted molar refractivity (Wildman–Crippen MR) is 87.3 cm³/mol. The van der Waals surface area contributed by atoms with Gasteiger partial charge in [0.15, 0.2) is 0 Å². The largest absolute Gasteiger partial charge is 0.293 e. The lowest BCUT2D eigenvalue weighted by Gasteiger charge is -2.40. The highest BCUT2D eigenvalue weighted by Crippen LogP contribution is 2.50. The zero-order valence-corrected chi connectivity index (χ0v) is 14.3. The van der Waals surface area contributed by atoms with Gasteiger partial charge in [-0.2, -0.15) is 5.06 Å². The van der Waals surface area contributed by atoms with Gasteiger partial charge in [-0.3, -0.25) is 4.84 Å². The van der Waals surface area contributed by atoms with E-state index in [4.69, 9.17) is 4.84 Å². The first kappa shape index (κ1) is 15.1. The van der Waals surface area contributed by atoms with Crippen molar-refractivity contribution in [2.24, 2.45) is 11.8 Å². The van der Waals surface area contributed by atoms with Crippen LogP contribution in [0.3, 0.4) is 0 Å². The van der Waals surface area contributed by atoms with Gasteiger partial charge in [-0.15, -0.1) is 0 Å². The summed E-state index contributed by atoms with van der Waals surface area (Å²) >= 11 is 0. The van der Waals surface area contributed by atoms with Crippen LogP contribution >= 0.6 is 0 Å². The van der Waals surface area contributed by atoms with E-state index < -0.39 is 0 Å². The zero-order valence-electron chi connectivity index (χ0n) is 14.3. The van der Waals surface area contributed by atoms with Crippen LogP contribution in [0, 0.1) is 25.7 Å². The second-order valence-electron chi connectivity index (χ2n) is 7.84. The molecule has 0 N–H and O–H groups in total. The molecule has 1 heterocycles. The minimum absolute atomic E-state index is 0.0376. The standard InChI is InChI=1S/C19H29NO/c1-12-7-8-13(2)16(9-12)15-10-14(3)18-17(11-15)19(4,5)21-20(18)6/h7-9,14-15,17-18H,10-11H2,1-6H3/t14-,15+,17+,18+/m0/s1. The van der Waals surface area contributed by atoms with Gasteiger partial charge in [0.25, 0.3) is 0 Å². The monoisotopic (exact) mass is 287 g/mol. The molecule has 0 bridgehead atoms. The third-order valence-corrected chi connectivity index (χ3v) is 5.76. The molecule has 0 amide bonds. The van der Waals surface area contributed by atoms with Crippen molar-refractivity contribution >= 4 is 0 Å². The first-order chi connectivity index (χ1) is 9.79. The molecule has 1 saturated heterocycles. The predicted octanol–water partition coefficient (Wildman–Crippen LogP) is 4.46. The number of rotatable bonds is 1. The molecular formula is C19H29NO. The molecule has 0 spiro atoms. The summed E-state index contributed by atoms with van der Waals surface area (Å²) in [6.45, 7) is 11.4. The molecule has 2 heteroatoms. The van der Waals surface area contributed by atoms with E-state index in [1.165, 1.54) is 24.0 Å². The Labute approximate surface area is 129 Å². The number of hydroxylamine groups is 2. The lowest BCUT2D eigenvalue weighted by Crippen LogP contribution is -2.42. The number of hydrogen-bond donors (Lipinski definition) is 0. The fourth-order valence-electron chi connectivity index (χ4n) is 4.79. The van der Waals surface area contributed by atoms with Gasteiger partial charge in [-0.05, 0) is 63.5 Å². The highest BCUT2D eigenvalue weighted by molar-refractivity contribution is 5.34. The molecular weight excluding hydrogens is 258 g/mol. The maximum Gasteiger partial charge on any atom is 0.0887 e. The molecule has 2 aliphatic rings. The Balaban J connectivity index is 1.92. The summed E-state index contributed by atoms with van der Waals surface area (Å²) in [5, 5.41) is 2.13. The molecule has 2 fully saturated rings. The second kappa shape index (κ2) is 5.10. The third-order valence-electron chi connectivity index (χ3n) is 5.76. The molecule has 0 unspecified atom stereocenters. The number of fused-ring (bicyclic) bond motifs is 1. The maximum absolute atomic E-state index is 6.14. The van der Waals surface area contributed by atoms with Gasteiger partial charge in [0, 0.05) is 19.0 Å². The molecule has 1 aliphatic carbocycles. The summed E-state index contributed by atoms with van der Waals surface area (Å²) in [6, 6.07) is 7.48. The van der Waals surface area contributed by atoms with Gasteiger partial charge in [0.05, 0.1) is 5.60 Å². The third kappa shape index (κ3) is 2.53. The van der Waals surface area contributed by atoms with Crippen LogP contribution in [0.5, 0.6) is 0 Å². The molecule has 2 nitrogen and oxygen atoms in total. The van der Waals surface area contributed by atoms with Crippen LogP contribution in [0.1, 0.15) is 56.2 Å². The molecule has 116 valence electrons. The van der Waals surface area contributed by atoms with Gasteiger partial charge in [-0.1, -0.05) is 30.7 Å². The lowest BCUT2D eigenvalue weighted by atomic mass is 9.65. The van der Waals surface area contributed by atoms with Crippen LogP contribution < -0.4 is 0 Å². The second-order valence-corrected chi connectivity index (χ2v) is 7.84. The Morgan fingerprint density at radius 1 is 1.19 bits per heavy atom. The van der Waals surface area contributed by atoms with Crippen molar-refractivity contribution in [3.63, 3.8) is 0 Å². The van der Waals surface area contributed by atoms with Crippen LogP contribution in [-0.4, -0.2) is 23.8 Å². The van der Waals surface area contributed by atoms with Crippen molar-refractivity contribution in [2.75, 3.05) is 7.05 Å². The number of aryl methyl sites for hydroxylation is 2. The molecule has 1 aromatic carbocycles. The van der Waals surface area contributed by atoms with Crippen molar-refractivity contribution in [3.8, 4) is 0 Å². The van der Waals surface area contributed by atoms with Crippen molar-refractivity contribution < 1.29 is 4.84 Å². The van der Waals surface area contributed by atoms with E-state index in [0.717, 1.165) is 0 Å². The topological polar surface area (TPSA) is 12.5 Å². The Kier molecular flexibility index (Phi) is 3.66. The van der Waals surface area contributed by atoms with E-state index in [0.29, 0.717) is 23.8 Å². The minimum atomic E-state index is -0.0376. The van der Waals surface area contributed by atoms with E-state index in [1.54, 1.807) is 5.56 Å². The van der Waals surface area contributed by atoms with Crippen molar-refractivity contribution in [2.45, 2.75) is 65.0 Å². The number of nitrogens with zero attached hydrogens (tertiary/aromatic N) is 1. The Morgan fingerprint density at radius 3 is 2.62 bits per heavy atom. The quantitative estimate of drug-likeness (QED) is 0.756. The van der Waals surface area contributed by atoms with Gasteiger partial charge < -0.3 is 0 Å². The summed E-state index contributed by atoms with van der Waals surface area (Å²) in [5.41, 5.74) is 4.35. The van der Waals surface area contributed by atoms with Crippen molar-refractivity contribution in [1.29, 1.82) is 0 Å². The van der Waals surface area contributed by atoms with Gasteiger partial charge in [0.2, 0.25) is 0 Å². The summed E-state index contributed by atoms with van der Waals surface area (Å²) in [5.74, 6) is 1.98. The molecule has 1 aliphatic heterocycles. The Hall–Kier alpha value is -0.860. The smallest absolute Gasteiger partial charge is 0.0887 e. The minimum Gasteiger partial charge on any atom is -0.293 e. The molecule has 4 atom stereocenters. The first-order valence-corrected chi connectivity index (χ1v) is 8.28. The van der Waals surface area contributed by atoms with E-state index in [2.05, 4.69) is 64.9 Å². The summed E-state index contributed by atoms with van der Waals surface area (Å²) in [7, 11) is 2.11. The van der Waals surface area contributed by atoms with E-state index >= 15 is 0 Å². The van der Waals surface area contributed by atoms with Crippen LogP contribution in [0.4, 0.5) is 0 Å². The van der Waals surface area contributed by atoms with Crippen LogP contribution in [0.15, 0.2) is 18.2 Å². The van der Waals surface area contributed by atoms with E-state index in [1.807, 2.05) is 0 Å². The highest BCUT2D eigenvalue weighted by Gasteiger charge is 2.52. The van der Waals surface area contributed by atoms with Gasteiger partial charge >= 0.3 is 0 Å². The average molecular weight is 287 g/mol. The van der Waals surface area contributed by atoms with Gasteiger partial charge in [-0.25, -0.2) is 0 Å². The zero-order chi connectivity index (χ0) is 15.4. The molecule has 3 rings (SSSR count). The normalized spacial score (nSPS) is 35.7. The molecule has 0 radical (unpaired) electrons. The van der Waals surface area contributed by atoms with Crippen LogP contribution in [0.25, 0.3) is 0 Å².